The fourth-order valence-corrected chi connectivity index (χ4v) is 6.83. The van der Waals surface area contributed by atoms with Crippen molar-refractivity contribution in [2.75, 3.05) is 0 Å². The number of para-hydroxylation sites is 2. The van der Waals surface area contributed by atoms with Gasteiger partial charge in [0, 0.05) is 32.8 Å². The lowest BCUT2D eigenvalue weighted by molar-refractivity contribution is 0.673. The van der Waals surface area contributed by atoms with Gasteiger partial charge in [-0.25, -0.2) is 0 Å². The first-order chi connectivity index (χ1) is 19.8. The highest BCUT2D eigenvalue weighted by Crippen LogP contribution is 2.50. The summed E-state index contributed by atoms with van der Waals surface area (Å²) in [7, 11) is 0. The Labute approximate surface area is 231 Å². The van der Waals surface area contributed by atoms with Crippen molar-refractivity contribution >= 4 is 49.2 Å². The summed E-state index contributed by atoms with van der Waals surface area (Å²) >= 11 is 0. The number of aromatic nitrogens is 1. The molecular weight excluding hydrogens is 486 g/mol. The second-order valence-corrected chi connectivity index (χ2v) is 10.6. The molecule has 1 aliphatic rings. The number of benzene rings is 6. The van der Waals surface area contributed by atoms with Crippen LogP contribution in [0.3, 0.4) is 0 Å². The number of nitrogens with zero attached hydrogens (tertiary/aromatic N) is 1. The molecule has 2 heteroatoms. The molecule has 186 valence electrons. The lowest BCUT2D eigenvalue weighted by atomic mass is 9.96. The van der Waals surface area contributed by atoms with Crippen molar-refractivity contribution < 1.29 is 4.42 Å². The normalized spacial score (nSPS) is 12.6. The molecule has 6 aromatic carbocycles. The molecule has 0 amide bonds. The molecule has 0 unspecified atom stereocenters. The third-order valence-corrected chi connectivity index (χ3v) is 8.49. The van der Waals surface area contributed by atoms with E-state index >= 15 is 0 Å². The van der Waals surface area contributed by atoms with Crippen LogP contribution in [0, 0.1) is 0 Å². The van der Waals surface area contributed by atoms with Gasteiger partial charge in [-0.1, -0.05) is 110 Å². The largest absolute Gasteiger partial charge is 0.455 e. The van der Waals surface area contributed by atoms with E-state index in [1.807, 2.05) is 6.07 Å². The Morgan fingerprint density at radius 1 is 0.525 bits per heavy atom. The molecule has 0 atom stereocenters. The Kier molecular flexibility index (Phi) is 4.23. The molecule has 1 aliphatic carbocycles. The first kappa shape index (κ1) is 21.6. The van der Waals surface area contributed by atoms with Crippen molar-refractivity contribution in [1.29, 1.82) is 0 Å². The van der Waals surface area contributed by atoms with Gasteiger partial charge in [0.2, 0.25) is 0 Å². The minimum atomic E-state index is 0.911. The summed E-state index contributed by atoms with van der Waals surface area (Å²) < 4.78 is 9.06. The molecule has 0 bridgehead atoms. The highest BCUT2D eigenvalue weighted by atomic mass is 16.3. The lowest BCUT2D eigenvalue weighted by Crippen LogP contribution is -1.99. The summed E-state index contributed by atoms with van der Waals surface area (Å²) in [6, 6.07) is 45.3. The van der Waals surface area contributed by atoms with E-state index in [4.69, 9.17) is 4.42 Å². The summed E-state index contributed by atoms with van der Waals surface area (Å²) in [5, 5.41) is 5.84. The molecule has 0 saturated carbocycles. The summed E-state index contributed by atoms with van der Waals surface area (Å²) in [4.78, 5) is 0. The predicted molar refractivity (Wildman–Crippen MR) is 167 cm³/mol. The van der Waals surface area contributed by atoms with Gasteiger partial charge in [-0.3, -0.25) is 0 Å². The van der Waals surface area contributed by atoms with Gasteiger partial charge in [-0.15, -0.1) is 0 Å². The Balaban J connectivity index is 1.49. The second kappa shape index (κ2) is 7.84. The van der Waals surface area contributed by atoms with Gasteiger partial charge >= 0.3 is 0 Å². The zero-order chi connectivity index (χ0) is 26.4. The van der Waals surface area contributed by atoms with E-state index in [1.54, 1.807) is 0 Å². The first-order valence-electron chi connectivity index (χ1n) is 13.6. The highest BCUT2D eigenvalue weighted by Gasteiger charge is 2.28. The topological polar surface area (TPSA) is 18.1 Å². The van der Waals surface area contributed by atoms with E-state index in [1.165, 1.54) is 44.0 Å². The quantitative estimate of drug-likeness (QED) is 0.227. The van der Waals surface area contributed by atoms with Gasteiger partial charge in [0.15, 0.2) is 0 Å². The average Bonchev–Trinajstić information content (AvgIpc) is 3.69. The Bertz CT molecular complexity index is 2330. The van der Waals surface area contributed by atoms with Crippen molar-refractivity contribution in [1.82, 2.24) is 4.57 Å². The third-order valence-electron chi connectivity index (χ3n) is 8.49. The summed E-state index contributed by atoms with van der Waals surface area (Å²) in [5.41, 5.74) is 12.4. The molecule has 0 saturated heterocycles. The van der Waals surface area contributed by atoms with Gasteiger partial charge in [-0.05, 0) is 57.5 Å². The zero-order valence-corrected chi connectivity index (χ0v) is 21.7. The van der Waals surface area contributed by atoms with Gasteiger partial charge in [-0.2, -0.15) is 0 Å². The molecule has 8 aromatic rings. The van der Waals surface area contributed by atoms with Crippen LogP contribution in [0.25, 0.3) is 77.3 Å². The summed E-state index contributed by atoms with van der Waals surface area (Å²) in [6.07, 6.45) is 0. The van der Waals surface area contributed by atoms with Crippen LogP contribution >= 0.6 is 0 Å². The van der Waals surface area contributed by atoms with Crippen molar-refractivity contribution in [3.05, 3.63) is 145 Å². The fourth-order valence-electron chi connectivity index (χ4n) is 6.83. The van der Waals surface area contributed by atoms with Crippen molar-refractivity contribution in [2.45, 2.75) is 0 Å². The minimum absolute atomic E-state index is 0.911. The molecule has 0 radical (unpaired) electrons. The van der Waals surface area contributed by atoms with Gasteiger partial charge in [0.25, 0.3) is 0 Å². The van der Waals surface area contributed by atoms with Crippen molar-refractivity contribution in [3.63, 3.8) is 0 Å². The molecule has 0 N–H and O–H groups in total. The zero-order valence-electron chi connectivity index (χ0n) is 21.7. The van der Waals surface area contributed by atoms with E-state index in [2.05, 4.69) is 132 Å². The smallest absolute Gasteiger partial charge is 0.145 e. The van der Waals surface area contributed by atoms with Gasteiger partial charge < -0.3 is 8.98 Å². The lowest BCUT2D eigenvalue weighted by Gasteiger charge is -2.16. The van der Waals surface area contributed by atoms with Crippen LogP contribution in [0.5, 0.6) is 0 Å². The molecular formula is C38H23NO. The third kappa shape index (κ3) is 2.72. The number of furan rings is 1. The Hall–Kier alpha value is -5.34. The monoisotopic (exact) mass is 509 g/mol. The average molecular weight is 510 g/mol. The number of rotatable bonds is 2. The standard InChI is InChI=1S/C38H23NO/c1-23-25-14-5-6-15-26(25)27-19-11-20-30(35(23)27)33-22-32-37(39(33)24-12-3-2-4-13-24)29-17-8-7-16-28(29)36-31-18-9-10-21-34(31)40-38(32)36/h2-22H,1H2. The van der Waals surface area contributed by atoms with Crippen LogP contribution in [-0.4, -0.2) is 4.57 Å². The predicted octanol–water partition coefficient (Wildman–Crippen LogP) is 10.4. The second-order valence-electron chi connectivity index (χ2n) is 10.6. The summed E-state index contributed by atoms with van der Waals surface area (Å²) in [6.45, 7) is 4.58. The number of hydrogen-bond donors (Lipinski definition) is 0. The van der Waals surface area contributed by atoms with Crippen LogP contribution < -0.4 is 0 Å². The maximum atomic E-state index is 6.65. The van der Waals surface area contributed by atoms with Crippen LogP contribution in [0.2, 0.25) is 0 Å². The van der Waals surface area contributed by atoms with E-state index in [9.17, 15) is 0 Å². The van der Waals surface area contributed by atoms with Crippen LogP contribution in [-0.2, 0) is 0 Å². The van der Waals surface area contributed by atoms with Crippen molar-refractivity contribution in [3.8, 4) is 28.1 Å². The van der Waals surface area contributed by atoms with E-state index in [-0.39, 0.29) is 0 Å². The first-order valence-corrected chi connectivity index (χ1v) is 13.6. The minimum Gasteiger partial charge on any atom is -0.455 e. The molecule has 2 nitrogen and oxygen atoms in total. The molecule has 0 fully saturated rings. The maximum absolute atomic E-state index is 6.65. The van der Waals surface area contributed by atoms with E-state index in [0.29, 0.717) is 0 Å². The Morgan fingerprint density at radius 2 is 1.18 bits per heavy atom. The van der Waals surface area contributed by atoms with Gasteiger partial charge in [0.1, 0.15) is 11.2 Å². The van der Waals surface area contributed by atoms with Gasteiger partial charge in [0.05, 0.1) is 11.2 Å². The molecule has 0 spiro atoms. The SMILES string of the molecule is C=C1c2ccccc2-c2cccc(-c3cc4c5oc6ccccc6c5c5ccccc5c4n3-c3ccccc3)c21. The van der Waals surface area contributed by atoms with Crippen LogP contribution in [0.15, 0.2) is 138 Å². The molecule has 9 rings (SSSR count). The number of hydrogen-bond acceptors (Lipinski definition) is 1. The molecule has 2 heterocycles. The molecule has 40 heavy (non-hydrogen) atoms. The van der Waals surface area contributed by atoms with Crippen molar-refractivity contribution in [2.24, 2.45) is 0 Å². The van der Waals surface area contributed by atoms with E-state index in [0.717, 1.165) is 44.4 Å². The summed E-state index contributed by atoms with van der Waals surface area (Å²) in [5.74, 6) is 0. The van der Waals surface area contributed by atoms with Crippen LogP contribution in [0.4, 0.5) is 0 Å². The molecule has 0 aliphatic heterocycles. The maximum Gasteiger partial charge on any atom is 0.145 e. The van der Waals surface area contributed by atoms with E-state index < -0.39 is 0 Å². The van der Waals surface area contributed by atoms with Crippen LogP contribution in [0.1, 0.15) is 11.1 Å². The number of fused-ring (bicyclic) bond motifs is 11. The fraction of sp³-hybridized carbons (Fsp3) is 0. The molecule has 2 aromatic heterocycles. The highest BCUT2D eigenvalue weighted by molar-refractivity contribution is 6.30. The Morgan fingerprint density at radius 3 is 2.02 bits per heavy atom.